The average Bonchev–Trinajstić information content (AvgIpc) is 2.74. The number of ether oxygens (including phenoxy) is 1. The second-order valence-corrected chi connectivity index (χ2v) is 3.62. The fourth-order valence-corrected chi connectivity index (χ4v) is 1.90. The predicted molar refractivity (Wildman–Crippen MR) is 50.9 cm³/mol. The normalized spacial score (nSPS) is 21.1. The molecule has 2 heterocycles. The van der Waals surface area contributed by atoms with E-state index in [0.29, 0.717) is 18.2 Å². The van der Waals surface area contributed by atoms with E-state index < -0.39 is 0 Å². The van der Waals surface area contributed by atoms with Gasteiger partial charge in [-0.05, 0) is 20.3 Å². The Hall–Kier alpha value is -1.34. The van der Waals surface area contributed by atoms with Crippen molar-refractivity contribution in [2.45, 2.75) is 26.3 Å². The lowest BCUT2D eigenvalue weighted by Crippen LogP contribution is -2.12. The number of aromatic nitrogens is 2. The molecule has 1 saturated heterocycles. The van der Waals surface area contributed by atoms with Gasteiger partial charge in [-0.3, -0.25) is 4.68 Å². The number of nitrogens with zero attached hydrogens (tertiary/aromatic N) is 3. The summed E-state index contributed by atoms with van der Waals surface area (Å²) in [6.45, 7) is 5.33. The van der Waals surface area contributed by atoms with E-state index in [1.165, 1.54) is 0 Å². The van der Waals surface area contributed by atoms with Gasteiger partial charge in [0.25, 0.3) is 0 Å². The molecule has 0 spiro atoms. The van der Waals surface area contributed by atoms with Crippen molar-refractivity contribution in [2.75, 3.05) is 13.2 Å². The molecule has 1 fully saturated rings. The molecule has 4 heteroatoms. The maximum absolute atomic E-state index is 8.92. The second-order valence-electron chi connectivity index (χ2n) is 3.62. The number of nitriles is 1. The highest BCUT2D eigenvalue weighted by Gasteiger charge is 2.22. The van der Waals surface area contributed by atoms with Gasteiger partial charge in [0, 0.05) is 6.61 Å². The van der Waals surface area contributed by atoms with Crippen LogP contribution in [-0.4, -0.2) is 23.0 Å². The highest BCUT2D eigenvalue weighted by molar-refractivity contribution is 5.37. The van der Waals surface area contributed by atoms with Gasteiger partial charge in [0.1, 0.15) is 6.07 Å². The van der Waals surface area contributed by atoms with Crippen LogP contribution in [0.1, 0.15) is 29.4 Å². The van der Waals surface area contributed by atoms with E-state index in [4.69, 9.17) is 10.00 Å². The molecule has 1 aromatic rings. The van der Waals surface area contributed by atoms with Gasteiger partial charge < -0.3 is 4.74 Å². The quantitative estimate of drug-likeness (QED) is 0.673. The highest BCUT2D eigenvalue weighted by atomic mass is 16.5. The van der Waals surface area contributed by atoms with Crippen molar-refractivity contribution in [3.63, 3.8) is 0 Å². The standard InChI is InChI=1S/C10H13N3O/c1-7-10(5-11)8(2)13(12-7)9-3-4-14-6-9/h9H,3-4,6H2,1-2H3. The van der Waals surface area contributed by atoms with Crippen LogP contribution in [0.2, 0.25) is 0 Å². The summed E-state index contributed by atoms with van der Waals surface area (Å²) in [5, 5.41) is 13.3. The summed E-state index contributed by atoms with van der Waals surface area (Å²) in [5.41, 5.74) is 2.48. The van der Waals surface area contributed by atoms with Crippen LogP contribution in [0, 0.1) is 25.2 Å². The number of hydrogen-bond donors (Lipinski definition) is 0. The molecule has 0 aromatic carbocycles. The number of aryl methyl sites for hydroxylation is 1. The third-order valence-corrected chi connectivity index (χ3v) is 2.69. The van der Waals surface area contributed by atoms with E-state index in [9.17, 15) is 0 Å². The van der Waals surface area contributed by atoms with Crippen molar-refractivity contribution >= 4 is 0 Å². The Labute approximate surface area is 83.1 Å². The third-order valence-electron chi connectivity index (χ3n) is 2.69. The zero-order chi connectivity index (χ0) is 10.1. The molecule has 14 heavy (non-hydrogen) atoms. The van der Waals surface area contributed by atoms with Crippen molar-refractivity contribution in [3.8, 4) is 6.07 Å². The van der Waals surface area contributed by atoms with E-state index in [1.54, 1.807) is 0 Å². The molecule has 0 amide bonds. The first-order chi connectivity index (χ1) is 6.74. The Balaban J connectivity index is 2.39. The van der Waals surface area contributed by atoms with Crippen LogP contribution in [0.4, 0.5) is 0 Å². The molecule has 0 N–H and O–H groups in total. The van der Waals surface area contributed by atoms with E-state index in [0.717, 1.165) is 24.4 Å². The Bertz CT molecular complexity index is 383. The molecule has 0 radical (unpaired) electrons. The fraction of sp³-hybridized carbons (Fsp3) is 0.600. The summed E-state index contributed by atoms with van der Waals surface area (Å²) in [4.78, 5) is 0. The largest absolute Gasteiger partial charge is 0.379 e. The summed E-state index contributed by atoms with van der Waals surface area (Å²) in [6.07, 6.45) is 0.993. The Morgan fingerprint density at radius 1 is 1.57 bits per heavy atom. The Kier molecular flexibility index (Phi) is 2.26. The van der Waals surface area contributed by atoms with Crippen LogP contribution in [0.3, 0.4) is 0 Å². The summed E-state index contributed by atoms with van der Waals surface area (Å²) in [7, 11) is 0. The summed E-state index contributed by atoms with van der Waals surface area (Å²) < 4.78 is 7.24. The van der Waals surface area contributed by atoms with Gasteiger partial charge in [0.05, 0.1) is 29.6 Å². The molecule has 1 aliphatic heterocycles. The predicted octanol–water partition coefficient (Wildman–Crippen LogP) is 1.33. The van der Waals surface area contributed by atoms with Crippen molar-refractivity contribution in [3.05, 3.63) is 17.0 Å². The maximum atomic E-state index is 8.92. The van der Waals surface area contributed by atoms with E-state index >= 15 is 0 Å². The second kappa shape index (κ2) is 3.43. The van der Waals surface area contributed by atoms with Crippen LogP contribution in [0.25, 0.3) is 0 Å². The van der Waals surface area contributed by atoms with Crippen molar-refractivity contribution in [1.29, 1.82) is 5.26 Å². The third kappa shape index (κ3) is 1.30. The number of rotatable bonds is 1. The van der Waals surface area contributed by atoms with Crippen molar-refractivity contribution < 1.29 is 4.74 Å². The fourth-order valence-electron chi connectivity index (χ4n) is 1.90. The minimum atomic E-state index is 0.316. The summed E-state index contributed by atoms with van der Waals surface area (Å²) in [6, 6.07) is 2.50. The SMILES string of the molecule is Cc1nn(C2CCOC2)c(C)c1C#N. The molecule has 0 aliphatic carbocycles. The van der Waals surface area contributed by atoms with E-state index in [1.807, 2.05) is 18.5 Å². The monoisotopic (exact) mass is 191 g/mol. The van der Waals surface area contributed by atoms with Gasteiger partial charge in [0.2, 0.25) is 0 Å². The molecular formula is C10H13N3O. The number of hydrogen-bond acceptors (Lipinski definition) is 3. The topological polar surface area (TPSA) is 50.8 Å². The zero-order valence-corrected chi connectivity index (χ0v) is 8.45. The minimum absolute atomic E-state index is 0.316. The molecule has 2 rings (SSSR count). The van der Waals surface area contributed by atoms with Crippen LogP contribution >= 0.6 is 0 Å². The molecule has 1 aliphatic rings. The zero-order valence-electron chi connectivity index (χ0n) is 8.45. The van der Waals surface area contributed by atoms with E-state index in [2.05, 4.69) is 11.2 Å². The van der Waals surface area contributed by atoms with Gasteiger partial charge in [-0.1, -0.05) is 0 Å². The van der Waals surface area contributed by atoms with Gasteiger partial charge in [-0.2, -0.15) is 10.4 Å². The minimum Gasteiger partial charge on any atom is -0.379 e. The Morgan fingerprint density at radius 2 is 2.36 bits per heavy atom. The van der Waals surface area contributed by atoms with Crippen molar-refractivity contribution in [1.82, 2.24) is 9.78 Å². The molecule has 1 unspecified atom stereocenters. The molecule has 4 nitrogen and oxygen atoms in total. The molecular weight excluding hydrogens is 178 g/mol. The highest BCUT2D eigenvalue weighted by Crippen LogP contribution is 2.22. The molecule has 1 aromatic heterocycles. The van der Waals surface area contributed by atoms with Crippen LogP contribution in [0.15, 0.2) is 0 Å². The molecule has 0 saturated carbocycles. The van der Waals surface area contributed by atoms with Crippen molar-refractivity contribution in [2.24, 2.45) is 0 Å². The molecule has 74 valence electrons. The first kappa shape index (κ1) is 9.22. The maximum Gasteiger partial charge on any atom is 0.103 e. The van der Waals surface area contributed by atoms with E-state index in [-0.39, 0.29) is 0 Å². The summed E-state index contributed by atoms with van der Waals surface area (Å²) in [5.74, 6) is 0. The molecule has 1 atom stereocenters. The first-order valence-electron chi connectivity index (χ1n) is 4.77. The Morgan fingerprint density at radius 3 is 2.86 bits per heavy atom. The summed E-state index contributed by atoms with van der Waals surface area (Å²) >= 11 is 0. The van der Waals surface area contributed by atoms with Gasteiger partial charge in [-0.15, -0.1) is 0 Å². The van der Waals surface area contributed by atoms with Crippen LogP contribution < -0.4 is 0 Å². The smallest absolute Gasteiger partial charge is 0.103 e. The van der Waals surface area contributed by atoms with Gasteiger partial charge in [-0.25, -0.2) is 0 Å². The molecule has 0 bridgehead atoms. The van der Waals surface area contributed by atoms with Crippen LogP contribution in [-0.2, 0) is 4.74 Å². The van der Waals surface area contributed by atoms with Gasteiger partial charge >= 0.3 is 0 Å². The lowest BCUT2D eigenvalue weighted by atomic mass is 10.2. The first-order valence-corrected chi connectivity index (χ1v) is 4.77. The lowest BCUT2D eigenvalue weighted by molar-refractivity contribution is 0.184. The lowest BCUT2D eigenvalue weighted by Gasteiger charge is -2.09. The average molecular weight is 191 g/mol. The van der Waals surface area contributed by atoms with Gasteiger partial charge in [0.15, 0.2) is 0 Å². The van der Waals surface area contributed by atoms with Crippen LogP contribution in [0.5, 0.6) is 0 Å².